The van der Waals surface area contributed by atoms with E-state index in [1.807, 2.05) is 18.2 Å². The maximum Gasteiger partial charge on any atom is 0.252 e. The summed E-state index contributed by atoms with van der Waals surface area (Å²) in [6.07, 6.45) is 7.58. The molecular weight excluding hydrogens is 452 g/mol. The Kier molecular flexibility index (Phi) is 7.05. The first-order valence-electron chi connectivity index (χ1n) is 13.1. The Balaban J connectivity index is 1.55. The van der Waals surface area contributed by atoms with Crippen LogP contribution in [0.5, 0.6) is 0 Å². The molecule has 8 heteroatoms. The molecule has 0 amide bonds. The normalized spacial score (nSPS) is 15.8. The summed E-state index contributed by atoms with van der Waals surface area (Å²) in [5.74, 6) is 1.94. The van der Waals surface area contributed by atoms with E-state index in [0.29, 0.717) is 19.1 Å². The molecule has 8 nitrogen and oxygen atoms in total. The lowest BCUT2D eigenvalue weighted by Gasteiger charge is -2.34. The number of hydrogen-bond acceptors (Lipinski definition) is 6. The van der Waals surface area contributed by atoms with Gasteiger partial charge in [0.05, 0.1) is 30.4 Å². The topological polar surface area (TPSA) is 92.8 Å². The molecule has 4 aromatic rings. The van der Waals surface area contributed by atoms with Crippen molar-refractivity contribution in [1.29, 1.82) is 0 Å². The summed E-state index contributed by atoms with van der Waals surface area (Å²) in [4.78, 5) is 18.7. The van der Waals surface area contributed by atoms with E-state index in [0.717, 1.165) is 46.5 Å². The molecule has 1 fully saturated rings. The Labute approximate surface area is 211 Å². The van der Waals surface area contributed by atoms with Crippen LogP contribution < -0.4 is 5.56 Å². The van der Waals surface area contributed by atoms with Crippen molar-refractivity contribution >= 4 is 10.9 Å². The Morgan fingerprint density at radius 2 is 1.94 bits per heavy atom. The molecule has 1 aromatic carbocycles. The summed E-state index contributed by atoms with van der Waals surface area (Å²) in [6, 6.07) is 10.3. The number of nitrogens with zero attached hydrogens (tertiary/aromatic N) is 5. The van der Waals surface area contributed by atoms with Crippen LogP contribution in [0.15, 0.2) is 45.8 Å². The van der Waals surface area contributed by atoms with E-state index in [4.69, 9.17) is 4.42 Å². The number of pyridine rings is 1. The molecule has 1 N–H and O–H groups in total. The number of aromatic amines is 1. The van der Waals surface area contributed by atoms with E-state index < -0.39 is 0 Å². The highest BCUT2D eigenvalue weighted by Gasteiger charge is 2.32. The van der Waals surface area contributed by atoms with Crippen LogP contribution in [0.1, 0.15) is 86.3 Å². The van der Waals surface area contributed by atoms with Crippen molar-refractivity contribution < 1.29 is 4.42 Å². The van der Waals surface area contributed by atoms with Crippen molar-refractivity contribution in [3.63, 3.8) is 0 Å². The van der Waals surface area contributed by atoms with Gasteiger partial charge in [-0.1, -0.05) is 45.2 Å². The average molecular weight is 489 g/mol. The molecule has 36 heavy (non-hydrogen) atoms. The van der Waals surface area contributed by atoms with Crippen molar-refractivity contribution in [3.05, 3.63) is 75.2 Å². The molecule has 1 atom stereocenters. The molecule has 0 radical (unpaired) electrons. The van der Waals surface area contributed by atoms with Crippen LogP contribution in [0.3, 0.4) is 0 Å². The number of fused-ring (bicyclic) bond motifs is 1. The lowest BCUT2D eigenvalue weighted by atomic mass is 9.94. The molecule has 0 aliphatic heterocycles. The number of tetrazole rings is 1. The molecule has 1 aliphatic rings. The molecular formula is C28H36N6O2. The largest absolute Gasteiger partial charge is 0.468 e. The summed E-state index contributed by atoms with van der Waals surface area (Å²) in [5.41, 5.74) is 3.84. The molecule has 0 saturated heterocycles. The number of benzene rings is 1. The molecule has 0 unspecified atom stereocenters. The quantitative estimate of drug-likeness (QED) is 0.346. The first-order chi connectivity index (χ1) is 17.4. The van der Waals surface area contributed by atoms with Crippen molar-refractivity contribution in [1.82, 2.24) is 30.1 Å². The van der Waals surface area contributed by atoms with Gasteiger partial charge >= 0.3 is 0 Å². The number of rotatable bonds is 8. The van der Waals surface area contributed by atoms with Crippen LogP contribution in [0.25, 0.3) is 10.9 Å². The second kappa shape index (κ2) is 10.4. The number of furan rings is 1. The fourth-order valence-electron chi connectivity index (χ4n) is 5.63. The minimum atomic E-state index is -0.0816. The van der Waals surface area contributed by atoms with Gasteiger partial charge in [-0.05, 0) is 77.7 Å². The van der Waals surface area contributed by atoms with Crippen LogP contribution in [0.2, 0.25) is 0 Å². The number of aromatic nitrogens is 5. The summed E-state index contributed by atoms with van der Waals surface area (Å²) < 4.78 is 7.79. The monoisotopic (exact) mass is 488 g/mol. The standard InChI is InChI=1S/C28H36N6O2/c1-18(2)26(27-30-31-32-34(27)23-9-6-5-7-10-23)33(17-24-11-8-14-36-24)16-22-15-21-13-12-19(3)20(4)25(21)29-28(22)35/h8,11-15,18,23,26H,5-7,9-10,16-17H2,1-4H3,(H,29,35)/t26-/m1/s1. The van der Waals surface area contributed by atoms with Gasteiger partial charge in [0.25, 0.3) is 5.56 Å². The maximum atomic E-state index is 13.3. The molecule has 1 saturated carbocycles. The minimum Gasteiger partial charge on any atom is -0.468 e. The van der Waals surface area contributed by atoms with Gasteiger partial charge in [-0.15, -0.1) is 5.10 Å². The highest BCUT2D eigenvalue weighted by molar-refractivity contribution is 5.83. The van der Waals surface area contributed by atoms with E-state index in [2.05, 4.69) is 69.9 Å². The molecule has 3 aromatic heterocycles. The molecule has 0 spiro atoms. The zero-order chi connectivity index (χ0) is 25.2. The van der Waals surface area contributed by atoms with Gasteiger partial charge in [0.15, 0.2) is 5.82 Å². The van der Waals surface area contributed by atoms with Gasteiger partial charge in [-0.2, -0.15) is 0 Å². The van der Waals surface area contributed by atoms with E-state index in [9.17, 15) is 4.79 Å². The second-order valence-electron chi connectivity index (χ2n) is 10.5. The SMILES string of the molecule is Cc1ccc2cc(CN(Cc3ccco3)[C@@H](c3nnnn3C3CCCCC3)C(C)C)c(=O)[nH]c2c1C. The molecule has 3 heterocycles. The van der Waals surface area contributed by atoms with Crippen molar-refractivity contribution in [2.45, 2.75) is 85.0 Å². The highest BCUT2D eigenvalue weighted by atomic mass is 16.3. The summed E-state index contributed by atoms with van der Waals surface area (Å²) in [7, 11) is 0. The molecule has 5 rings (SSSR count). The summed E-state index contributed by atoms with van der Waals surface area (Å²) >= 11 is 0. The first-order valence-corrected chi connectivity index (χ1v) is 13.1. The van der Waals surface area contributed by atoms with E-state index in [1.165, 1.54) is 24.8 Å². The van der Waals surface area contributed by atoms with E-state index >= 15 is 0 Å². The lowest BCUT2D eigenvalue weighted by molar-refractivity contribution is 0.112. The average Bonchev–Trinajstić information content (AvgIpc) is 3.56. The van der Waals surface area contributed by atoms with Crippen LogP contribution in [-0.2, 0) is 13.1 Å². The maximum absolute atomic E-state index is 13.3. The van der Waals surface area contributed by atoms with Crippen LogP contribution >= 0.6 is 0 Å². The Bertz CT molecular complexity index is 1360. The van der Waals surface area contributed by atoms with E-state index in [-0.39, 0.29) is 17.5 Å². The minimum absolute atomic E-state index is 0.0602. The van der Waals surface area contributed by atoms with Crippen LogP contribution in [-0.4, -0.2) is 30.1 Å². The third kappa shape index (κ3) is 4.87. The zero-order valence-electron chi connectivity index (χ0n) is 21.7. The second-order valence-corrected chi connectivity index (χ2v) is 10.5. The predicted molar refractivity (Wildman–Crippen MR) is 140 cm³/mol. The van der Waals surface area contributed by atoms with Crippen LogP contribution in [0.4, 0.5) is 0 Å². The summed E-state index contributed by atoms with van der Waals surface area (Å²) in [5, 5.41) is 14.1. The zero-order valence-corrected chi connectivity index (χ0v) is 21.7. The number of nitrogens with one attached hydrogen (secondary N) is 1. The molecule has 190 valence electrons. The molecule has 0 bridgehead atoms. The van der Waals surface area contributed by atoms with Crippen LogP contribution in [0, 0.1) is 19.8 Å². The van der Waals surface area contributed by atoms with Crippen molar-refractivity contribution in [3.8, 4) is 0 Å². The third-order valence-electron chi connectivity index (χ3n) is 7.67. The smallest absolute Gasteiger partial charge is 0.252 e. The Hall–Kier alpha value is -3.26. The third-order valence-corrected chi connectivity index (χ3v) is 7.67. The number of hydrogen-bond donors (Lipinski definition) is 1. The Morgan fingerprint density at radius 3 is 2.67 bits per heavy atom. The Morgan fingerprint density at radius 1 is 1.14 bits per heavy atom. The molecule has 1 aliphatic carbocycles. The van der Waals surface area contributed by atoms with Gasteiger partial charge in [0.2, 0.25) is 0 Å². The van der Waals surface area contributed by atoms with Gasteiger partial charge in [0, 0.05) is 12.1 Å². The first kappa shape index (κ1) is 24.4. The van der Waals surface area contributed by atoms with E-state index in [1.54, 1.807) is 6.26 Å². The van der Waals surface area contributed by atoms with Gasteiger partial charge in [0.1, 0.15) is 5.76 Å². The number of aryl methyl sites for hydroxylation is 2. The van der Waals surface area contributed by atoms with Gasteiger partial charge < -0.3 is 9.40 Å². The van der Waals surface area contributed by atoms with Gasteiger partial charge in [-0.25, -0.2) is 4.68 Å². The fourth-order valence-corrected chi connectivity index (χ4v) is 5.63. The van der Waals surface area contributed by atoms with Crippen molar-refractivity contribution in [2.24, 2.45) is 5.92 Å². The highest BCUT2D eigenvalue weighted by Crippen LogP contribution is 2.34. The fraction of sp³-hybridized carbons (Fsp3) is 0.500. The number of H-pyrrole nitrogens is 1. The van der Waals surface area contributed by atoms with Gasteiger partial charge in [-0.3, -0.25) is 9.69 Å². The lowest BCUT2D eigenvalue weighted by Crippen LogP contribution is -2.36. The van der Waals surface area contributed by atoms with Crippen molar-refractivity contribution in [2.75, 3.05) is 0 Å². The summed E-state index contributed by atoms with van der Waals surface area (Å²) in [6.45, 7) is 9.51. The predicted octanol–water partition coefficient (Wildman–Crippen LogP) is 5.63.